The van der Waals surface area contributed by atoms with Crippen LogP contribution in [0.3, 0.4) is 0 Å². The maximum absolute atomic E-state index is 12.3. The fourth-order valence-electron chi connectivity index (χ4n) is 4.42. The summed E-state index contributed by atoms with van der Waals surface area (Å²) in [6.45, 7) is 0.979. The average Bonchev–Trinajstić information content (AvgIpc) is 2.83. The molecule has 1 aromatic heterocycles. The van der Waals surface area contributed by atoms with Crippen molar-refractivity contribution in [2.45, 2.75) is 34.1 Å². The number of amides is 1. The summed E-state index contributed by atoms with van der Waals surface area (Å²) in [5, 5.41) is 1.93. The molecule has 2 aliphatic heterocycles. The molecule has 0 bridgehead atoms. The van der Waals surface area contributed by atoms with Crippen molar-refractivity contribution in [2.75, 3.05) is 43.4 Å². The minimum atomic E-state index is -3.15. The highest BCUT2D eigenvalue weighted by atomic mass is 35.5. The van der Waals surface area contributed by atoms with E-state index in [9.17, 15) is 4.79 Å². The highest BCUT2D eigenvalue weighted by Gasteiger charge is 2.25. The minimum absolute atomic E-state index is 0. The summed E-state index contributed by atoms with van der Waals surface area (Å²) in [6.07, 6.45) is 4.35. The average molecular weight is 506 g/mol. The van der Waals surface area contributed by atoms with E-state index in [1.165, 1.54) is 6.08 Å². The van der Waals surface area contributed by atoms with E-state index in [0.29, 0.717) is 40.5 Å². The highest BCUT2D eigenvalue weighted by molar-refractivity contribution is 6.31. The van der Waals surface area contributed by atoms with Crippen LogP contribution in [0.15, 0.2) is 42.4 Å². The molecule has 0 unspecified atom stereocenters. The Morgan fingerprint density at radius 2 is 2.14 bits per heavy atom. The maximum atomic E-state index is 12.3. The van der Waals surface area contributed by atoms with E-state index < -0.39 is 26.4 Å². The predicted octanol–water partition coefficient (Wildman–Crippen LogP) is 4.91. The summed E-state index contributed by atoms with van der Waals surface area (Å²) in [5.74, 6) is -0.312. The highest BCUT2D eigenvalue weighted by Crippen LogP contribution is 2.35. The van der Waals surface area contributed by atoms with Gasteiger partial charge >= 0.3 is 0 Å². The number of carbonyl (C=O) groups is 1. The van der Waals surface area contributed by atoms with Crippen LogP contribution in [-0.4, -0.2) is 49.5 Å². The van der Waals surface area contributed by atoms with E-state index in [1.54, 1.807) is 29.7 Å². The number of halogens is 1. The van der Waals surface area contributed by atoms with Crippen LogP contribution in [-0.2, 0) is 16.0 Å². The number of benzene rings is 1. The summed E-state index contributed by atoms with van der Waals surface area (Å²) in [7, 11) is 0. The Morgan fingerprint density at radius 3 is 2.86 bits per heavy atom. The Labute approximate surface area is 225 Å². The molecule has 1 fully saturated rings. The van der Waals surface area contributed by atoms with E-state index in [-0.39, 0.29) is 24.6 Å². The predicted molar refractivity (Wildman–Crippen MR) is 144 cm³/mol. The first-order valence-electron chi connectivity index (χ1n) is 15.0. The molecule has 1 N–H and O–H groups in total. The van der Waals surface area contributed by atoms with Gasteiger partial charge in [0.2, 0.25) is 5.95 Å². The number of likely N-dealkylation sites (N-methyl/N-ethyl adjacent to an activating group) is 2. The second kappa shape index (κ2) is 11.1. The van der Waals surface area contributed by atoms with Gasteiger partial charge in [0.25, 0.3) is 5.91 Å². The lowest BCUT2D eigenvalue weighted by atomic mass is 9.92. The third-order valence-electron chi connectivity index (χ3n) is 5.87. The standard InChI is InChI=1S/C26H32ClN5O2.CH4/c1-16-8-17(2)14-32(13-16)26-29-12-21(27)22(30-26)10-19-6-7-23-20(9-19)11-24(18(3)31(23)5)34-15-25(33)28-4;/h6-7,9,11-12,16-17H,3,8,10,13-15H2,1-2,4-5H3,(H,28,33);1H4/t16-,17+;/i4D3,5D3,15D2;. The van der Waals surface area contributed by atoms with Crippen LogP contribution in [0.5, 0.6) is 0 Å². The van der Waals surface area contributed by atoms with Crippen molar-refractivity contribution >= 4 is 35.2 Å². The molecule has 0 spiro atoms. The number of rotatable bonds is 6. The number of nitrogens with zero attached hydrogens (tertiary/aromatic N) is 4. The molecule has 0 aliphatic carbocycles. The first-order chi connectivity index (χ1) is 19.3. The van der Waals surface area contributed by atoms with Gasteiger partial charge in [-0.3, -0.25) is 4.79 Å². The minimum Gasteiger partial charge on any atom is -0.482 e. The topological polar surface area (TPSA) is 70.6 Å². The molecule has 1 amide bonds. The van der Waals surface area contributed by atoms with Crippen LogP contribution < -0.4 is 15.1 Å². The summed E-state index contributed by atoms with van der Waals surface area (Å²) in [4.78, 5) is 24.5. The lowest BCUT2D eigenvalue weighted by Gasteiger charge is -2.35. The Morgan fingerprint density at radius 1 is 1.37 bits per heavy atom. The molecule has 2 aromatic rings. The van der Waals surface area contributed by atoms with Gasteiger partial charge in [-0.1, -0.05) is 45.5 Å². The van der Waals surface area contributed by atoms with Gasteiger partial charge < -0.3 is 19.9 Å². The number of anilines is 2. The second-order valence-corrected chi connectivity index (χ2v) is 9.24. The van der Waals surface area contributed by atoms with Gasteiger partial charge in [0.05, 0.1) is 25.4 Å². The molecule has 4 rings (SSSR count). The maximum Gasteiger partial charge on any atom is 0.257 e. The Kier molecular flexibility index (Phi) is 5.52. The van der Waals surface area contributed by atoms with Crippen LogP contribution in [0.1, 0.15) is 55.5 Å². The van der Waals surface area contributed by atoms with Gasteiger partial charge in [-0.25, -0.2) is 9.97 Å². The number of ether oxygens (including phenoxy) is 1. The smallest absolute Gasteiger partial charge is 0.257 e. The molecule has 1 saturated heterocycles. The zero-order valence-electron chi connectivity index (χ0n) is 27.1. The number of piperidine rings is 1. The molecular weight excluding hydrogens is 462 g/mol. The summed E-state index contributed by atoms with van der Waals surface area (Å²) < 4.78 is 66.9. The molecule has 7 nitrogen and oxygen atoms in total. The molecular formula is C27H36ClN5O2. The van der Waals surface area contributed by atoms with Gasteiger partial charge in [0, 0.05) is 52.9 Å². The van der Waals surface area contributed by atoms with E-state index in [0.717, 1.165) is 30.0 Å². The molecule has 3 heterocycles. The normalized spacial score (nSPS) is 24.0. The monoisotopic (exact) mass is 505 g/mol. The van der Waals surface area contributed by atoms with Gasteiger partial charge in [0.1, 0.15) is 5.76 Å². The van der Waals surface area contributed by atoms with E-state index in [1.807, 2.05) is 0 Å². The van der Waals surface area contributed by atoms with E-state index in [2.05, 4.69) is 30.3 Å². The SMILES string of the molecule is C.[2H]C([2H])([2H])NC(=O)C([2H])([2H])OC1=Cc2cc(Cc3nc(N4C[C@H](C)C[C@H](C)C4)ncc3Cl)ccc2N(C([2H])([2H])[2H])C1=C. The zero-order chi connectivity index (χ0) is 31.2. The first-order valence-corrected chi connectivity index (χ1v) is 11.3. The third kappa shape index (κ3) is 5.96. The zero-order valence-corrected chi connectivity index (χ0v) is 19.8. The van der Waals surface area contributed by atoms with Gasteiger partial charge in [-0.15, -0.1) is 0 Å². The number of carbonyl (C=O) groups excluding carboxylic acids is 1. The lowest BCUT2D eigenvalue weighted by molar-refractivity contribution is -0.123. The van der Waals surface area contributed by atoms with E-state index >= 15 is 0 Å². The molecule has 2 aliphatic rings. The van der Waals surface area contributed by atoms with Crippen molar-refractivity contribution in [3.8, 4) is 0 Å². The Hall–Kier alpha value is -3.06. The van der Waals surface area contributed by atoms with E-state index in [4.69, 9.17) is 32.3 Å². The molecule has 0 saturated carbocycles. The van der Waals surface area contributed by atoms with Crippen LogP contribution in [0.25, 0.3) is 6.08 Å². The van der Waals surface area contributed by atoms with Crippen molar-refractivity contribution in [2.24, 2.45) is 11.8 Å². The van der Waals surface area contributed by atoms with Crippen molar-refractivity contribution in [1.29, 1.82) is 0 Å². The number of hydrogen-bond donors (Lipinski definition) is 1. The van der Waals surface area contributed by atoms with Crippen LogP contribution in [0.4, 0.5) is 11.6 Å². The molecule has 35 heavy (non-hydrogen) atoms. The summed E-state index contributed by atoms with van der Waals surface area (Å²) in [6, 6.07) is 5.01. The molecule has 1 aromatic carbocycles. The van der Waals surface area contributed by atoms with Gasteiger partial charge in [-0.05, 0) is 42.0 Å². The summed E-state index contributed by atoms with van der Waals surface area (Å²) in [5.41, 5.74) is 1.68. The number of hydrogen-bond acceptors (Lipinski definition) is 6. The fraction of sp³-hybridized carbons (Fsp3) is 0.444. The largest absolute Gasteiger partial charge is 0.482 e. The molecule has 188 valence electrons. The quantitative estimate of drug-likeness (QED) is 0.601. The number of nitrogens with one attached hydrogen (secondary N) is 1. The summed E-state index contributed by atoms with van der Waals surface area (Å²) >= 11 is 6.47. The first kappa shape index (κ1) is 17.4. The van der Waals surface area contributed by atoms with Gasteiger partial charge in [-0.2, -0.15) is 0 Å². The fourth-order valence-corrected chi connectivity index (χ4v) is 4.57. The Bertz CT molecular complexity index is 1400. The number of fused-ring (bicyclic) bond motifs is 1. The van der Waals surface area contributed by atoms with Crippen LogP contribution >= 0.6 is 11.6 Å². The number of aromatic nitrogens is 2. The lowest BCUT2D eigenvalue weighted by Crippen LogP contribution is -2.39. The van der Waals surface area contributed by atoms with Crippen molar-refractivity contribution < 1.29 is 20.5 Å². The third-order valence-corrected chi connectivity index (χ3v) is 6.18. The van der Waals surface area contributed by atoms with Crippen molar-refractivity contribution in [3.63, 3.8) is 0 Å². The molecule has 2 atom stereocenters. The van der Waals surface area contributed by atoms with Gasteiger partial charge in [0.15, 0.2) is 6.56 Å². The van der Waals surface area contributed by atoms with Crippen molar-refractivity contribution in [3.05, 3.63) is 64.3 Å². The Balaban J connectivity index is 0.00000506. The van der Waals surface area contributed by atoms with Crippen molar-refractivity contribution in [1.82, 2.24) is 15.3 Å². The van der Waals surface area contributed by atoms with Crippen LogP contribution in [0, 0.1) is 11.8 Å². The molecule has 0 radical (unpaired) electrons. The molecule has 8 heteroatoms. The van der Waals surface area contributed by atoms with Crippen LogP contribution in [0.2, 0.25) is 5.02 Å². The second-order valence-electron chi connectivity index (χ2n) is 8.83.